The van der Waals surface area contributed by atoms with Gasteiger partial charge in [0.05, 0.1) is 40.8 Å². The van der Waals surface area contributed by atoms with Crippen molar-refractivity contribution in [3.05, 3.63) is 120 Å². The summed E-state index contributed by atoms with van der Waals surface area (Å²) in [5, 5.41) is 11.2. The summed E-state index contributed by atoms with van der Waals surface area (Å²) in [7, 11) is 0. The van der Waals surface area contributed by atoms with Crippen LogP contribution in [-0.2, 0) is 25.5 Å². The maximum atomic E-state index is 14.9. The second-order valence-corrected chi connectivity index (χ2v) is 12.7. The molecule has 7 rings (SSSR count). The molecule has 1 unspecified atom stereocenters. The zero-order valence-corrected chi connectivity index (χ0v) is 25.6. The number of anilines is 2. The van der Waals surface area contributed by atoms with Crippen LogP contribution in [0.15, 0.2) is 109 Å². The molecule has 0 saturated carbocycles. The van der Waals surface area contributed by atoms with Crippen LogP contribution in [0.2, 0.25) is 5.02 Å². The van der Waals surface area contributed by atoms with Crippen molar-refractivity contribution in [2.45, 2.75) is 36.6 Å². The van der Waals surface area contributed by atoms with Crippen LogP contribution in [0, 0.1) is 11.8 Å². The van der Waals surface area contributed by atoms with Crippen molar-refractivity contribution in [3.63, 3.8) is 0 Å². The lowest BCUT2D eigenvalue weighted by atomic mass is 9.74. The molecule has 230 valence electrons. The lowest BCUT2D eigenvalue weighted by molar-refractivity contribution is -0.147. The summed E-state index contributed by atoms with van der Waals surface area (Å²) in [5.74, 6) is -2.95. The van der Waals surface area contributed by atoms with E-state index in [1.807, 2.05) is 85.8 Å². The van der Waals surface area contributed by atoms with E-state index < -0.39 is 35.1 Å². The molecule has 0 aliphatic carbocycles. The normalized spacial score (nSPS) is 29.7. The first-order valence-electron chi connectivity index (χ1n) is 15.2. The zero-order chi connectivity index (χ0) is 31.3. The van der Waals surface area contributed by atoms with E-state index in [0.29, 0.717) is 29.4 Å². The summed E-state index contributed by atoms with van der Waals surface area (Å²) in [6.45, 7) is 1.96. The number of rotatable bonds is 6. The van der Waals surface area contributed by atoms with Crippen molar-refractivity contribution in [2.75, 3.05) is 29.5 Å². The highest BCUT2D eigenvalue weighted by Gasteiger charge is 2.75. The van der Waals surface area contributed by atoms with Crippen LogP contribution >= 0.6 is 11.6 Å². The largest absolute Gasteiger partial charge is 0.394 e. The third-order valence-electron chi connectivity index (χ3n) is 9.62. The van der Waals surface area contributed by atoms with Crippen LogP contribution in [0.1, 0.15) is 12.5 Å². The van der Waals surface area contributed by atoms with Crippen LogP contribution in [0.4, 0.5) is 11.4 Å². The molecule has 0 aromatic heterocycles. The number of likely N-dealkylation sites (tertiary alicyclic amines) is 1. The Balaban J connectivity index is 1.38. The number of benzene rings is 3. The minimum atomic E-state index is -1.46. The molecule has 4 heterocycles. The number of para-hydroxylation sites is 2. The molecule has 3 aromatic rings. The van der Waals surface area contributed by atoms with Gasteiger partial charge in [-0.1, -0.05) is 96.6 Å². The lowest BCUT2D eigenvalue weighted by Crippen LogP contribution is -2.59. The second-order valence-electron chi connectivity index (χ2n) is 12.3. The molecule has 0 radical (unpaired) electrons. The first kappa shape index (κ1) is 29.5. The predicted molar refractivity (Wildman–Crippen MR) is 172 cm³/mol. The molecule has 8 nitrogen and oxygen atoms in total. The van der Waals surface area contributed by atoms with E-state index in [4.69, 9.17) is 16.3 Å². The Kier molecular flexibility index (Phi) is 7.39. The number of aliphatic hydroxyl groups is 1. The maximum absolute atomic E-state index is 14.9. The Bertz CT molecular complexity index is 1700. The molecule has 4 aliphatic heterocycles. The molecular weight excluding hydrogens is 590 g/mol. The summed E-state index contributed by atoms with van der Waals surface area (Å²) >= 11 is 6.59. The molecule has 2 fully saturated rings. The molecule has 9 heteroatoms. The van der Waals surface area contributed by atoms with E-state index in [2.05, 4.69) is 0 Å². The van der Waals surface area contributed by atoms with E-state index >= 15 is 0 Å². The molecular formula is C36H34ClN3O5. The maximum Gasteiger partial charge on any atom is 0.253 e. The van der Waals surface area contributed by atoms with Gasteiger partial charge in [-0.15, -0.1) is 0 Å². The van der Waals surface area contributed by atoms with Crippen LogP contribution in [-0.4, -0.2) is 70.7 Å². The minimum absolute atomic E-state index is 0.197. The van der Waals surface area contributed by atoms with Gasteiger partial charge < -0.3 is 24.5 Å². The molecule has 6 atom stereocenters. The van der Waals surface area contributed by atoms with Crippen molar-refractivity contribution >= 4 is 40.7 Å². The van der Waals surface area contributed by atoms with Crippen molar-refractivity contribution in [2.24, 2.45) is 11.8 Å². The van der Waals surface area contributed by atoms with Crippen LogP contribution in [0.5, 0.6) is 0 Å². The Morgan fingerprint density at radius 1 is 0.822 bits per heavy atom. The van der Waals surface area contributed by atoms with Gasteiger partial charge in [-0.25, -0.2) is 0 Å². The van der Waals surface area contributed by atoms with Gasteiger partial charge in [-0.2, -0.15) is 0 Å². The SMILES string of the molecule is C[C@@]12C=CCN(c3ccccc3)C(=O)[C@@H]1[C@H]1C(=O)N([C@@H](CO)Cc3ccccc3)C3C(=O)N(c4ccccc4Cl)CC=C[C@@]31O2. The van der Waals surface area contributed by atoms with Gasteiger partial charge in [0.2, 0.25) is 11.8 Å². The van der Waals surface area contributed by atoms with Gasteiger partial charge in [0.1, 0.15) is 11.6 Å². The summed E-state index contributed by atoms with van der Waals surface area (Å²) in [6.07, 6.45) is 7.71. The fraction of sp³-hybridized carbons (Fsp3) is 0.306. The van der Waals surface area contributed by atoms with Crippen molar-refractivity contribution < 1.29 is 24.2 Å². The summed E-state index contributed by atoms with van der Waals surface area (Å²) in [4.78, 5) is 49.1. The van der Waals surface area contributed by atoms with Crippen molar-refractivity contribution in [1.29, 1.82) is 0 Å². The fourth-order valence-electron chi connectivity index (χ4n) is 7.72. The number of hydrogen-bond donors (Lipinski definition) is 1. The minimum Gasteiger partial charge on any atom is -0.394 e. The molecule has 1 spiro atoms. The molecule has 0 bridgehead atoms. The third-order valence-corrected chi connectivity index (χ3v) is 9.94. The number of halogens is 1. The molecule has 45 heavy (non-hydrogen) atoms. The molecule has 1 N–H and O–H groups in total. The van der Waals surface area contributed by atoms with Gasteiger partial charge in [0.15, 0.2) is 0 Å². The van der Waals surface area contributed by atoms with Gasteiger partial charge in [0, 0.05) is 18.8 Å². The van der Waals surface area contributed by atoms with Crippen LogP contribution in [0.3, 0.4) is 0 Å². The second kappa shape index (κ2) is 11.3. The lowest BCUT2D eigenvalue weighted by Gasteiger charge is -2.40. The van der Waals surface area contributed by atoms with E-state index in [-0.39, 0.29) is 30.9 Å². The Hall–Kier alpha value is -4.24. The first-order valence-corrected chi connectivity index (χ1v) is 15.6. The average molecular weight is 624 g/mol. The highest BCUT2D eigenvalue weighted by Crippen LogP contribution is 2.58. The fourth-order valence-corrected chi connectivity index (χ4v) is 7.96. The summed E-state index contributed by atoms with van der Waals surface area (Å²) < 4.78 is 6.97. The van der Waals surface area contributed by atoms with E-state index in [0.717, 1.165) is 5.56 Å². The Morgan fingerprint density at radius 3 is 2.18 bits per heavy atom. The topological polar surface area (TPSA) is 90.4 Å². The number of ether oxygens (including phenoxy) is 1. The molecule has 3 amide bonds. The van der Waals surface area contributed by atoms with Crippen molar-refractivity contribution in [1.82, 2.24) is 4.90 Å². The number of aliphatic hydroxyl groups excluding tert-OH is 1. The zero-order valence-electron chi connectivity index (χ0n) is 24.8. The molecule has 3 aromatic carbocycles. The summed E-state index contributed by atoms with van der Waals surface area (Å²) in [6, 6.07) is 24.1. The Morgan fingerprint density at radius 2 is 1.47 bits per heavy atom. The third kappa shape index (κ3) is 4.62. The smallest absolute Gasteiger partial charge is 0.253 e. The molecule has 2 saturated heterocycles. The van der Waals surface area contributed by atoms with E-state index in [9.17, 15) is 19.5 Å². The summed E-state index contributed by atoms with van der Waals surface area (Å²) in [5.41, 5.74) is -0.498. The van der Waals surface area contributed by atoms with E-state index in [1.165, 1.54) is 4.90 Å². The monoisotopic (exact) mass is 623 g/mol. The number of fused-ring (bicyclic) bond motifs is 2. The van der Waals surface area contributed by atoms with Gasteiger partial charge in [0.25, 0.3) is 5.91 Å². The number of hydrogen-bond acceptors (Lipinski definition) is 5. The highest BCUT2D eigenvalue weighted by molar-refractivity contribution is 6.34. The predicted octanol–water partition coefficient (Wildman–Crippen LogP) is 4.42. The van der Waals surface area contributed by atoms with E-state index in [1.54, 1.807) is 40.1 Å². The van der Waals surface area contributed by atoms with Crippen LogP contribution in [0.25, 0.3) is 0 Å². The van der Waals surface area contributed by atoms with Gasteiger partial charge in [-0.3, -0.25) is 14.4 Å². The number of nitrogens with zero attached hydrogens (tertiary/aromatic N) is 3. The highest BCUT2D eigenvalue weighted by atomic mass is 35.5. The van der Waals surface area contributed by atoms with Crippen LogP contribution < -0.4 is 9.80 Å². The Labute approximate surface area is 267 Å². The van der Waals surface area contributed by atoms with Crippen molar-refractivity contribution in [3.8, 4) is 0 Å². The molecule has 4 aliphatic rings. The van der Waals surface area contributed by atoms with Gasteiger partial charge in [-0.05, 0) is 43.2 Å². The number of amides is 3. The average Bonchev–Trinajstić information content (AvgIpc) is 3.32. The number of carbonyl (C=O) groups excluding carboxylic acids is 3. The standard InChI is InChI=1S/C36H34ClN3O5/c1-35-18-10-20-38(25-14-6-3-7-15-25)32(42)29(35)30-33(43)40(26(23-41)22-24-12-4-2-5-13-24)31-34(44)39(21-11-19-36(30,31)45-35)28-17-9-8-16-27(28)37/h2-19,26,29-31,41H,20-23H2,1H3/t26-,29+,30+,31?,35-,36+/m1/s1. The number of carbonyl (C=O) groups is 3. The van der Waals surface area contributed by atoms with Gasteiger partial charge >= 0.3 is 0 Å². The first-order chi connectivity index (χ1) is 21.8. The quantitative estimate of drug-likeness (QED) is 0.411.